The SMILES string of the molecule is CC(C)(C)c1ccc(Nc2ccc(C(C)(C)C)cc2-c2c3c(c4c5cc(C(C)(C)C)ccc5n5c4c2Bc2cc4c(cc2-5)oc2ccccc24)-c2ccccc2C3(C)C)cc1. The number of furan rings is 1. The van der Waals surface area contributed by atoms with Crippen LogP contribution in [0.1, 0.15) is 104 Å². The summed E-state index contributed by atoms with van der Waals surface area (Å²) in [7, 11) is 0.804. The first-order chi connectivity index (χ1) is 28.9. The van der Waals surface area contributed by atoms with E-state index in [2.05, 4.69) is 207 Å². The summed E-state index contributed by atoms with van der Waals surface area (Å²) in [4.78, 5) is 0. The van der Waals surface area contributed by atoms with Crippen LogP contribution in [-0.4, -0.2) is 11.8 Å². The topological polar surface area (TPSA) is 30.1 Å². The molecule has 2 aliphatic rings. The number of nitrogens with zero attached hydrogens (tertiary/aromatic N) is 1. The Morgan fingerprint density at radius 3 is 1.97 bits per heavy atom. The first-order valence-corrected chi connectivity index (χ1v) is 22.1. The van der Waals surface area contributed by atoms with E-state index < -0.39 is 0 Å². The van der Waals surface area contributed by atoms with E-state index in [1.54, 1.807) is 0 Å². The monoisotopic (exact) mass is 794 g/mol. The van der Waals surface area contributed by atoms with E-state index in [9.17, 15) is 0 Å². The molecule has 0 fully saturated rings. The van der Waals surface area contributed by atoms with Gasteiger partial charge in [-0.1, -0.05) is 154 Å². The number of rotatable bonds is 3. The van der Waals surface area contributed by atoms with Gasteiger partial charge in [0, 0.05) is 61.2 Å². The number of aromatic nitrogens is 1. The van der Waals surface area contributed by atoms with E-state index in [0.29, 0.717) is 0 Å². The molecule has 0 spiro atoms. The molecule has 7 aromatic carbocycles. The predicted molar refractivity (Wildman–Crippen MR) is 263 cm³/mol. The third-order valence-corrected chi connectivity index (χ3v) is 14.0. The van der Waals surface area contributed by atoms with Crippen molar-refractivity contribution in [3.05, 3.63) is 149 Å². The minimum Gasteiger partial charge on any atom is -0.456 e. The smallest absolute Gasteiger partial charge is 0.198 e. The lowest BCUT2D eigenvalue weighted by Gasteiger charge is -2.31. The van der Waals surface area contributed by atoms with Crippen LogP contribution in [0, 0.1) is 0 Å². The van der Waals surface area contributed by atoms with E-state index >= 15 is 0 Å². The number of anilines is 2. The highest BCUT2D eigenvalue weighted by molar-refractivity contribution is 6.74. The van der Waals surface area contributed by atoms with Crippen molar-refractivity contribution in [2.45, 2.75) is 97.8 Å². The summed E-state index contributed by atoms with van der Waals surface area (Å²) in [5.41, 5.74) is 22.4. The second-order valence-electron chi connectivity index (χ2n) is 21.5. The normalized spacial score (nSPS) is 14.4. The first kappa shape index (κ1) is 38.0. The van der Waals surface area contributed by atoms with Crippen molar-refractivity contribution >= 4 is 73.3 Å². The van der Waals surface area contributed by atoms with Crippen LogP contribution in [0.15, 0.2) is 126 Å². The fourth-order valence-corrected chi connectivity index (χ4v) is 10.7. The highest BCUT2D eigenvalue weighted by Crippen LogP contribution is 2.57. The molecule has 4 heteroatoms. The molecule has 2 aromatic heterocycles. The minimum absolute atomic E-state index is 0.0106. The summed E-state index contributed by atoms with van der Waals surface area (Å²) in [6.07, 6.45) is 0. The highest BCUT2D eigenvalue weighted by Gasteiger charge is 2.43. The molecule has 1 aliphatic carbocycles. The second kappa shape index (κ2) is 12.5. The Bertz CT molecular complexity index is 3320. The fourth-order valence-electron chi connectivity index (χ4n) is 10.7. The summed E-state index contributed by atoms with van der Waals surface area (Å²) >= 11 is 0. The van der Waals surface area contributed by atoms with Crippen molar-refractivity contribution in [1.29, 1.82) is 0 Å². The molecule has 3 heterocycles. The van der Waals surface area contributed by atoms with Crippen LogP contribution in [0.2, 0.25) is 0 Å². The number of hydrogen-bond acceptors (Lipinski definition) is 2. The summed E-state index contributed by atoms with van der Waals surface area (Å²) < 4.78 is 9.22. The standard InChI is InChI=1S/C57H55BN2O/c1-54(2,3)32-20-24-35(25-21-32)59-43-26-22-33(55(4,5)6)28-39(43)50-51-48(37-17-12-14-18-41(37)57(51,10)11)49-40-29-34(56(7,8)9)23-27-44(40)60-45-31-47-38(30-42(45)58-52(50)53(49)60)36-16-13-15-19-46(36)61-47/h12-31,58-59H,1-11H3. The molecule has 1 aliphatic heterocycles. The summed E-state index contributed by atoms with van der Waals surface area (Å²) in [5, 5.41) is 9.01. The van der Waals surface area contributed by atoms with Crippen molar-refractivity contribution < 1.29 is 4.42 Å². The van der Waals surface area contributed by atoms with Crippen molar-refractivity contribution in [2.24, 2.45) is 0 Å². The van der Waals surface area contributed by atoms with Crippen LogP contribution in [-0.2, 0) is 21.7 Å². The Hall–Kier alpha value is -6.00. The Kier molecular flexibility index (Phi) is 7.80. The second-order valence-corrected chi connectivity index (χ2v) is 21.5. The number of para-hydroxylation sites is 1. The van der Waals surface area contributed by atoms with E-state index in [4.69, 9.17) is 4.42 Å². The van der Waals surface area contributed by atoms with Gasteiger partial charge in [-0.25, -0.2) is 0 Å². The molecular formula is C57H55BN2O. The molecule has 11 rings (SSSR count). The number of benzene rings is 7. The van der Waals surface area contributed by atoms with Gasteiger partial charge in [-0.2, -0.15) is 0 Å². The van der Waals surface area contributed by atoms with Gasteiger partial charge in [0.25, 0.3) is 0 Å². The molecule has 0 radical (unpaired) electrons. The lowest BCUT2D eigenvalue weighted by atomic mass is 9.57. The first-order valence-electron chi connectivity index (χ1n) is 22.1. The molecule has 302 valence electrons. The average Bonchev–Trinajstić information content (AvgIpc) is 3.82. The Labute approximate surface area is 361 Å². The summed E-state index contributed by atoms with van der Waals surface area (Å²) in [6, 6.07) is 45.9. The third-order valence-electron chi connectivity index (χ3n) is 14.0. The molecule has 0 saturated heterocycles. The van der Waals surface area contributed by atoms with E-state index in [1.165, 1.54) is 93.9 Å². The Morgan fingerprint density at radius 2 is 1.23 bits per heavy atom. The van der Waals surface area contributed by atoms with Gasteiger partial charge in [-0.15, -0.1) is 0 Å². The van der Waals surface area contributed by atoms with Crippen LogP contribution >= 0.6 is 0 Å². The average molecular weight is 795 g/mol. The van der Waals surface area contributed by atoms with Crippen LogP contribution in [0.3, 0.4) is 0 Å². The summed E-state index contributed by atoms with van der Waals surface area (Å²) in [6.45, 7) is 25.8. The molecule has 0 unspecified atom stereocenters. The highest BCUT2D eigenvalue weighted by atomic mass is 16.3. The van der Waals surface area contributed by atoms with E-state index in [-0.39, 0.29) is 21.7 Å². The minimum atomic E-state index is -0.267. The van der Waals surface area contributed by atoms with Gasteiger partial charge in [0.1, 0.15) is 11.2 Å². The molecule has 0 amide bonds. The van der Waals surface area contributed by atoms with E-state index in [0.717, 1.165) is 35.2 Å². The number of hydrogen-bond donors (Lipinski definition) is 1. The van der Waals surface area contributed by atoms with Crippen LogP contribution in [0.5, 0.6) is 0 Å². The molecule has 1 N–H and O–H groups in total. The number of nitrogens with one attached hydrogen (secondary N) is 1. The predicted octanol–water partition coefficient (Wildman–Crippen LogP) is 14.0. The maximum absolute atomic E-state index is 6.62. The van der Waals surface area contributed by atoms with Gasteiger partial charge in [-0.05, 0) is 109 Å². The van der Waals surface area contributed by atoms with Crippen molar-refractivity contribution in [3.63, 3.8) is 0 Å². The molecule has 0 saturated carbocycles. The number of fused-ring (bicyclic) bond motifs is 12. The van der Waals surface area contributed by atoms with E-state index in [1.807, 2.05) is 0 Å². The van der Waals surface area contributed by atoms with Gasteiger partial charge >= 0.3 is 0 Å². The molecule has 0 atom stereocenters. The van der Waals surface area contributed by atoms with Gasteiger partial charge in [0.2, 0.25) is 0 Å². The molecule has 9 aromatic rings. The van der Waals surface area contributed by atoms with Crippen molar-refractivity contribution in [1.82, 2.24) is 4.57 Å². The van der Waals surface area contributed by atoms with Gasteiger partial charge in [-0.3, -0.25) is 0 Å². The zero-order chi connectivity index (χ0) is 42.5. The van der Waals surface area contributed by atoms with Crippen LogP contribution in [0.4, 0.5) is 11.4 Å². The molecule has 3 nitrogen and oxygen atoms in total. The fraction of sp³-hybridized carbons (Fsp3) is 0.263. The molecule has 61 heavy (non-hydrogen) atoms. The maximum atomic E-state index is 6.62. The molecule has 0 bridgehead atoms. The zero-order valence-corrected chi connectivity index (χ0v) is 37.6. The maximum Gasteiger partial charge on any atom is 0.198 e. The van der Waals surface area contributed by atoms with Gasteiger partial charge in [0.05, 0.1) is 5.52 Å². The van der Waals surface area contributed by atoms with Crippen LogP contribution < -0.4 is 16.2 Å². The lowest BCUT2D eigenvalue weighted by molar-refractivity contribution is 0.590. The lowest BCUT2D eigenvalue weighted by Crippen LogP contribution is -2.38. The Balaban J connectivity index is 1.31. The largest absolute Gasteiger partial charge is 0.456 e. The quantitative estimate of drug-likeness (QED) is 0.181. The third kappa shape index (κ3) is 5.57. The summed E-state index contributed by atoms with van der Waals surface area (Å²) in [5.74, 6) is 0. The van der Waals surface area contributed by atoms with Gasteiger partial charge < -0.3 is 14.3 Å². The Morgan fingerprint density at radius 1 is 0.574 bits per heavy atom. The van der Waals surface area contributed by atoms with Crippen molar-refractivity contribution in [3.8, 4) is 27.9 Å². The van der Waals surface area contributed by atoms with Crippen molar-refractivity contribution in [2.75, 3.05) is 5.32 Å². The molecular weight excluding hydrogens is 739 g/mol. The van der Waals surface area contributed by atoms with Gasteiger partial charge in [0.15, 0.2) is 7.28 Å². The zero-order valence-electron chi connectivity index (χ0n) is 37.6. The van der Waals surface area contributed by atoms with Crippen LogP contribution in [0.25, 0.3) is 71.7 Å².